The topological polar surface area (TPSA) is 30.5 Å². The highest BCUT2D eigenvalue weighted by molar-refractivity contribution is 5.05. The van der Waals surface area contributed by atoms with Gasteiger partial charge in [-0.15, -0.1) is 0 Å². The van der Waals surface area contributed by atoms with Gasteiger partial charge in [-0.25, -0.2) is 0 Å². The molecule has 0 aromatic heterocycles. The first-order valence-corrected chi connectivity index (χ1v) is 7.02. The molecule has 98 valence electrons. The maximum atomic E-state index is 5.77. The van der Waals surface area contributed by atoms with Crippen molar-refractivity contribution in [3.8, 4) is 0 Å². The van der Waals surface area contributed by atoms with E-state index in [0.717, 1.165) is 44.7 Å². The normalized spacial score (nSPS) is 27.1. The highest BCUT2D eigenvalue weighted by Gasteiger charge is 2.20. The van der Waals surface area contributed by atoms with Crippen LogP contribution in [-0.4, -0.2) is 32.4 Å². The Labute approximate surface area is 105 Å². The summed E-state index contributed by atoms with van der Waals surface area (Å²) in [4.78, 5) is 0. The molecule has 2 atom stereocenters. The first-order chi connectivity index (χ1) is 8.40. The Kier molecular flexibility index (Phi) is 5.33. The molecule has 1 saturated heterocycles. The van der Waals surface area contributed by atoms with Crippen LogP contribution in [0.1, 0.15) is 44.9 Å². The van der Waals surface area contributed by atoms with Crippen molar-refractivity contribution < 1.29 is 9.47 Å². The lowest BCUT2D eigenvalue weighted by atomic mass is 10.00. The molecule has 2 aliphatic heterocycles. The number of rotatable bonds is 5. The molecule has 1 N–H and O–H groups in total. The average molecular weight is 239 g/mol. The van der Waals surface area contributed by atoms with E-state index in [1.54, 1.807) is 0 Å². The molecule has 0 aliphatic carbocycles. The monoisotopic (exact) mass is 239 g/mol. The summed E-state index contributed by atoms with van der Waals surface area (Å²) >= 11 is 0. The minimum atomic E-state index is 0.376. The second kappa shape index (κ2) is 7.02. The zero-order chi connectivity index (χ0) is 11.9. The summed E-state index contributed by atoms with van der Waals surface area (Å²) in [6.07, 6.45) is 11.1. The van der Waals surface area contributed by atoms with Gasteiger partial charge in [-0.1, -0.05) is 0 Å². The average Bonchev–Trinajstić information content (AvgIpc) is 2.42. The van der Waals surface area contributed by atoms with E-state index in [-0.39, 0.29) is 0 Å². The van der Waals surface area contributed by atoms with Gasteiger partial charge in [0.05, 0.1) is 18.8 Å². The van der Waals surface area contributed by atoms with Crippen LogP contribution in [0, 0.1) is 0 Å². The molecule has 0 radical (unpaired) electrons. The van der Waals surface area contributed by atoms with E-state index in [1.807, 2.05) is 7.05 Å². The van der Waals surface area contributed by atoms with Gasteiger partial charge in [0.15, 0.2) is 0 Å². The molecule has 0 spiro atoms. The second-order valence-corrected chi connectivity index (χ2v) is 5.00. The molecule has 3 nitrogen and oxygen atoms in total. The second-order valence-electron chi connectivity index (χ2n) is 5.00. The van der Waals surface area contributed by atoms with E-state index < -0.39 is 0 Å². The van der Waals surface area contributed by atoms with Gasteiger partial charge in [0.1, 0.15) is 5.76 Å². The quantitative estimate of drug-likeness (QED) is 0.800. The lowest BCUT2D eigenvalue weighted by Crippen LogP contribution is -2.31. The molecule has 0 amide bonds. The van der Waals surface area contributed by atoms with Crippen LogP contribution in [-0.2, 0) is 9.47 Å². The summed E-state index contributed by atoms with van der Waals surface area (Å²) < 4.78 is 11.5. The largest absolute Gasteiger partial charge is 0.497 e. The van der Waals surface area contributed by atoms with Crippen molar-refractivity contribution in [3.05, 3.63) is 11.8 Å². The number of hydrogen-bond acceptors (Lipinski definition) is 3. The van der Waals surface area contributed by atoms with Gasteiger partial charge in [-0.2, -0.15) is 0 Å². The SMILES string of the molecule is CNC(CCC1CCCCO1)C1=CCCCO1. The van der Waals surface area contributed by atoms with Gasteiger partial charge >= 0.3 is 0 Å². The Balaban J connectivity index is 1.76. The summed E-state index contributed by atoms with van der Waals surface area (Å²) in [5.74, 6) is 1.15. The molecule has 0 aromatic rings. The van der Waals surface area contributed by atoms with Gasteiger partial charge in [0.25, 0.3) is 0 Å². The van der Waals surface area contributed by atoms with Gasteiger partial charge < -0.3 is 14.8 Å². The first-order valence-electron chi connectivity index (χ1n) is 7.02. The Morgan fingerprint density at radius 3 is 2.94 bits per heavy atom. The Hall–Kier alpha value is -0.540. The standard InChI is InChI=1S/C14H25NO2/c1-15-13(14-7-3-5-11-17-14)9-8-12-6-2-4-10-16-12/h7,12-13,15H,2-6,8-11H2,1H3. The molecular weight excluding hydrogens is 214 g/mol. The highest BCUT2D eigenvalue weighted by atomic mass is 16.5. The molecular formula is C14H25NO2. The summed E-state index contributed by atoms with van der Waals surface area (Å²) in [6.45, 7) is 1.83. The van der Waals surface area contributed by atoms with Crippen molar-refractivity contribution in [1.82, 2.24) is 5.32 Å². The zero-order valence-electron chi connectivity index (χ0n) is 10.9. The minimum absolute atomic E-state index is 0.376. The van der Waals surface area contributed by atoms with Crippen LogP contribution in [0.15, 0.2) is 11.8 Å². The molecule has 2 heterocycles. The molecule has 0 aromatic carbocycles. The lowest BCUT2D eigenvalue weighted by Gasteiger charge is -2.27. The fourth-order valence-corrected chi connectivity index (χ4v) is 2.64. The third kappa shape index (κ3) is 4.00. The van der Waals surface area contributed by atoms with Crippen molar-refractivity contribution in [2.45, 2.75) is 57.1 Å². The van der Waals surface area contributed by atoms with E-state index in [9.17, 15) is 0 Å². The van der Waals surface area contributed by atoms with Crippen molar-refractivity contribution in [1.29, 1.82) is 0 Å². The third-order valence-corrected chi connectivity index (χ3v) is 3.71. The van der Waals surface area contributed by atoms with Crippen LogP contribution in [0.3, 0.4) is 0 Å². The minimum Gasteiger partial charge on any atom is -0.497 e. The molecule has 17 heavy (non-hydrogen) atoms. The van der Waals surface area contributed by atoms with Crippen LogP contribution >= 0.6 is 0 Å². The van der Waals surface area contributed by atoms with Crippen LogP contribution in [0.4, 0.5) is 0 Å². The van der Waals surface area contributed by atoms with Crippen molar-refractivity contribution in [3.63, 3.8) is 0 Å². The van der Waals surface area contributed by atoms with Crippen LogP contribution < -0.4 is 5.32 Å². The Morgan fingerprint density at radius 1 is 1.35 bits per heavy atom. The molecule has 2 unspecified atom stereocenters. The van der Waals surface area contributed by atoms with E-state index in [1.165, 1.54) is 19.3 Å². The zero-order valence-corrected chi connectivity index (χ0v) is 10.9. The summed E-state index contributed by atoms with van der Waals surface area (Å²) in [5, 5.41) is 3.36. The number of likely N-dealkylation sites (N-methyl/N-ethyl adjacent to an activating group) is 1. The van der Waals surface area contributed by atoms with Crippen LogP contribution in [0.5, 0.6) is 0 Å². The fraction of sp³-hybridized carbons (Fsp3) is 0.857. The van der Waals surface area contributed by atoms with Gasteiger partial charge in [-0.05, 0) is 58.1 Å². The number of nitrogens with one attached hydrogen (secondary N) is 1. The Bertz CT molecular complexity index is 247. The predicted octanol–water partition coefficient (Wildman–Crippen LogP) is 2.62. The summed E-state index contributed by atoms with van der Waals surface area (Å²) in [5.41, 5.74) is 0. The van der Waals surface area contributed by atoms with E-state index in [2.05, 4.69) is 11.4 Å². The maximum absolute atomic E-state index is 5.77. The lowest BCUT2D eigenvalue weighted by molar-refractivity contribution is 0.00811. The molecule has 2 rings (SSSR count). The van der Waals surface area contributed by atoms with E-state index in [0.29, 0.717) is 12.1 Å². The Morgan fingerprint density at radius 2 is 2.29 bits per heavy atom. The van der Waals surface area contributed by atoms with Crippen LogP contribution in [0.2, 0.25) is 0 Å². The van der Waals surface area contributed by atoms with Gasteiger partial charge in [0, 0.05) is 6.61 Å². The molecule has 2 aliphatic rings. The van der Waals surface area contributed by atoms with Gasteiger partial charge in [-0.3, -0.25) is 0 Å². The highest BCUT2D eigenvalue weighted by Crippen LogP contribution is 2.21. The van der Waals surface area contributed by atoms with Crippen molar-refractivity contribution in [2.24, 2.45) is 0 Å². The van der Waals surface area contributed by atoms with Gasteiger partial charge in [0.2, 0.25) is 0 Å². The fourth-order valence-electron chi connectivity index (χ4n) is 2.64. The molecule has 0 bridgehead atoms. The van der Waals surface area contributed by atoms with Crippen LogP contribution in [0.25, 0.3) is 0 Å². The number of ether oxygens (including phenoxy) is 2. The summed E-state index contributed by atoms with van der Waals surface area (Å²) in [7, 11) is 2.02. The predicted molar refractivity (Wildman–Crippen MR) is 68.9 cm³/mol. The number of hydrogen-bond donors (Lipinski definition) is 1. The molecule has 1 fully saturated rings. The van der Waals surface area contributed by atoms with Crippen molar-refractivity contribution in [2.75, 3.05) is 20.3 Å². The van der Waals surface area contributed by atoms with E-state index in [4.69, 9.17) is 9.47 Å². The number of allylic oxidation sites excluding steroid dienone is 1. The molecule has 0 saturated carbocycles. The third-order valence-electron chi connectivity index (χ3n) is 3.71. The van der Waals surface area contributed by atoms with Crippen molar-refractivity contribution >= 4 is 0 Å². The van der Waals surface area contributed by atoms with E-state index >= 15 is 0 Å². The first kappa shape index (κ1) is 12.9. The molecule has 3 heteroatoms. The summed E-state index contributed by atoms with van der Waals surface area (Å²) in [6, 6.07) is 0.376. The smallest absolute Gasteiger partial charge is 0.109 e. The maximum Gasteiger partial charge on any atom is 0.109 e.